The lowest BCUT2D eigenvalue weighted by Gasteiger charge is -2.33. The van der Waals surface area contributed by atoms with Gasteiger partial charge in [-0.25, -0.2) is 0 Å². The standard InChI is InChI=1S/C16H25N3O2/c20-16(7-6-14-5-1-2-11-21-14)19-10-3-4-13(12-19)15-8-9-17-18-15/h8-9,13-14H,1-7,10-12H2,(H,17,18)/t13-,14-/m0/s1. The van der Waals surface area contributed by atoms with Gasteiger partial charge in [0.2, 0.25) is 5.91 Å². The van der Waals surface area contributed by atoms with E-state index in [0.29, 0.717) is 18.4 Å². The van der Waals surface area contributed by atoms with E-state index in [-0.39, 0.29) is 5.91 Å². The molecule has 2 aliphatic rings. The SMILES string of the molecule is O=C(CC[C@@H]1CCCCO1)N1CCC[C@H](c2ccn[nH]2)C1. The summed E-state index contributed by atoms with van der Waals surface area (Å²) < 4.78 is 5.71. The molecule has 0 aliphatic carbocycles. The van der Waals surface area contributed by atoms with E-state index >= 15 is 0 Å². The van der Waals surface area contributed by atoms with Crippen molar-refractivity contribution in [3.05, 3.63) is 18.0 Å². The van der Waals surface area contributed by atoms with Crippen molar-refractivity contribution in [1.29, 1.82) is 0 Å². The Morgan fingerprint density at radius 2 is 2.33 bits per heavy atom. The predicted molar refractivity (Wildman–Crippen MR) is 80.0 cm³/mol. The summed E-state index contributed by atoms with van der Waals surface area (Å²) in [5, 5.41) is 7.06. The maximum absolute atomic E-state index is 12.4. The molecule has 2 saturated heterocycles. The highest BCUT2D eigenvalue weighted by Gasteiger charge is 2.26. The first kappa shape index (κ1) is 14.6. The topological polar surface area (TPSA) is 58.2 Å². The summed E-state index contributed by atoms with van der Waals surface area (Å²) >= 11 is 0. The minimum absolute atomic E-state index is 0.286. The molecule has 2 atom stereocenters. The highest BCUT2D eigenvalue weighted by Crippen LogP contribution is 2.26. The zero-order valence-electron chi connectivity index (χ0n) is 12.6. The average molecular weight is 291 g/mol. The van der Waals surface area contributed by atoms with Crippen LogP contribution in [-0.4, -0.2) is 46.8 Å². The predicted octanol–water partition coefficient (Wildman–Crippen LogP) is 2.46. The van der Waals surface area contributed by atoms with Gasteiger partial charge in [0.05, 0.1) is 6.10 Å². The first-order chi connectivity index (χ1) is 10.3. The largest absolute Gasteiger partial charge is 0.378 e. The number of hydrogen-bond donors (Lipinski definition) is 1. The van der Waals surface area contributed by atoms with Gasteiger partial charge in [-0.05, 0) is 44.6 Å². The Morgan fingerprint density at radius 3 is 3.10 bits per heavy atom. The molecular formula is C16H25N3O2. The number of aromatic nitrogens is 2. The molecule has 0 saturated carbocycles. The van der Waals surface area contributed by atoms with Crippen LogP contribution in [0, 0.1) is 0 Å². The first-order valence-electron chi connectivity index (χ1n) is 8.21. The van der Waals surface area contributed by atoms with Crippen molar-refractivity contribution in [2.75, 3.05) is 19.7 Å². The third kappa shape index (κ3) is 3.84. The molecular weight excluding hydrogens is 266 g/mol. The van der Waals surface area contributed by atoms with Crippen molar-refractivity contribution in [2.24, 2.45) is 0 Å². The normalized spacial score (nSPS) is 26.8. The van der Waals surface area contributed by atoms with E-state index in [1.54, 1.807) is 6.20 Å². The van der Waals surface area contributed by atoms with Crippen LogP contribution in [0.15, 0.2) is 12.3 Å². The van der Waals surface area contributed by atoms with Gasteiger partial charge >= 0.3 is 0 Å². The summed E-state index contributed by atoms with van der Waals surface area (Å²) in [5.74, 6) is 0.699. The van der Waals surface area contributed by atoms with Gasteiger partial charge in [-0.2, -0.15) is 5.10 Å². The summed E-state index contributed by atoms with van der Waals surface area (Å²) in [5.41, 5.74) is 1.16. The summed E-state index contributed by atoms with van der Waals surface area (Å²) in [7, 11) is 0. The van der Waals surface area contributed by atoms with Crippen LogP contribution in [0.3, 0.4) is 0 Å². The van der Waals surface area contributed by atoms with Gasteiger partial charge in [-0.3, -0.25) is 9.89 Å². The van der Waals surface area contributed by atoms with E-state index in [2.05, 4.69) is 10.2 Å². The highest BCUT2D eigenvalue weighted by atomic mass is 16.5. The van der Waals surface area contributed by atoms with Crippen LogP contribution in [0.4, 0.5) is 0 Å². The molecule has 1 N–H and O–H groups in total. The van der Waals surface area contributed by atoms with Gasteiger partial charge in [-0.1, -0.05) is 0 Å². The molecule has 21 heavy (non-hydrogen) atoms. The molecule has 1 aromatic rings. The Bertz CT molecular complexity index is 440. The Kier molecular flexibility index (Phi) is 4.91. The number of carbonyl (C=O) groups is 1. The van der Waals surface area contributed by atoms with E-state index in [0.717, 1.165) is 51.1 Å². The van der Waals surface area contributed by atoms with E-state index in [1.165, 1.54) is 12.8 Å². The molecule has 0 unspecified atom stereocenters. The van der Waals surface area contributed by atoms with Crippen molar-refractivity contribution < 1.29 is 9.53 Å². The monoisotopic (exact) mass is 291 g/mol. The van der Waals surface area contributed by atoms with Crippen molar-refractivity contribution in [2.45, 2.75) is 57.0 Å². The van der Waals surface area contributed by atoms with Gasteiger partial charge in [-0.15, -0.1) is 0 Å². The van der Waals surface area contributed by atoms with Crippen LogP contribution < -0.4 is 0 Å². The number of H-pyrrole nitrogens is 1. The second-order valence-corrected chi connectivity index (χ2v) is 6.22. The minimum atomic E-state index is 0.286. The summed E-state index contributed by atoms with van der Waals surface area (Å²) in [6.45, 7) is 2.59. The number of nitrogens with zero attached hydrogens (tertiary/aromatic N) is 2. The Morgan fingerprint density at radius 1 is 1.38 bits per heavy atom. The number of carbonyl (C=O) groups excluding carboxylic acids is 1. The number of amides is 1. The first-order valence-corrected chi connectivity index (χ1v) is 8.21. The smallest absolute Gasteiger partial charge is 0.222 e. The second-order valence-electron chi connectivity index (χ2n) is 6.22. The summed E-state index contributed by atoms with van der Waals surface area (Å²) in [6, 6.07) is 2.02. The maximum atomic E-state index is 12.4. The number of aromatic amines is 1. The van der Waals surface area contributed by atoms with Crippen molar-refractivity contribution in [3.8, 4) is 0 Å². The molecule has 0 aromatic carbocycles. The van der Waals surface area contributed by atoms with Gasteiger partial charge < -0.3 is 9.64 Å². The number of ether oxygens (including phenoxy) is 1. The Labute approximate surface area is 126 Å². The maximum Gasteiger partial charge on any atom is 0.222 e. The number of nitrogens with one attached hydrogen (secondary N) is 1. The molecule has 0 radical (unpaired) electrons. The molecule has 2 aliphatic heterocycles. The lowest BCUT2D eigenvalue weighted by molar-refractivity contribution is -0.133. The zero-order valence-corrected chi connectivity index (χ0v) is 12.6. The molecule has 5 nitrogen and oxygen atoms in total. The lowest BCUT2D eigenvalue weighted by atomic mass is 9.94. The van der Waals surface area contributed by atoms with Crippen molar-refractivity contribution in [1.82, 2.24) is 15.1 Å². The Hall–Kier alpha value is -1.36. The van der Waals surface area contributed by atoms with Gasteiger partial charge in [0.1, 0.15) is 0 Å². The Balaban J connectivity index is 1.47. The highest BCUT2D eigenvalue weighted by molar-refractivity contribution is 5.76. The van der Waals surface area contributed by atoms with E-state index in [4.69, 9.17) is 4.74 Å². The van der Waals surface area contributed by atoms with Crippen LogP contribution in [0.1, 0.15) is 56.6 Å². The summed E-state index contributed by atoms with van der Waals surface area (Å²) in [6.07, 6.45) is 9.33. The van der Waals surface area contributed by atoms with E-state index < -0.39 is 0 Å². The third-order valence-corrected chi connectivity index (χ3v) is 4.69. The zero-order chi connectivity index (χ0) is 14.5. The molecule has 3 heterocycles. The fraction of sp³-hybridized carbons (Fsp3) is 0.750. The van der Waals surface area contributed by atoms with Gasteiger partial charge in [0, 0.05) is 43.9 Å². The number of rotatable bonds is 4. The van der Waals surface area contributed by atoms with E-state index in [1.807, 2.05) is 11.0 Å². The fourth-order valence-corrected chi connectivity index (χ4v) is 3.43. The molecule has 1 amide bonds. The minimum Gasteiger partial charge on any atom is -0.378 e. The van der Waals surface area contributed by atoms with Crippen LogP contribution in [-0.2, 0) is 9.53 Å². The number of hydrogen-bond acceptors (Lipinski definition) is 3. The number of piperidine rings is 1. The number of likely N-dealkylation sites (tertiary alicyclic amines) is 1. The van der Waals surface area contributed by atoms with Crippen LogP contribution in [0.2, 0.25) is 0 Å². The van der Waals surface area contributed by atoms with E-state index in [9.17, 15) is 4.79 Å². The molecule has 0 bridgehead atoms. The average Bonchev–Trinajstić information content (AvgIpc) is 3.08. The fourth-order valence-electron chi connectivity index (χ4n) is 3.43. The van der Waals surface area contributed by atoms with Gasteiger partial charge in [0.15, 0.2) is 0 Å². The molecule has 3 rings (SSSR count). The molecule has 2 fully saturated rings. The van der Waals surface area contributed by atoms with Crippen molar-refractivity contribution in [3.63, 3.8) is 0 Å². The van der Waals surface area contributed by atoms with Crippen LogP contribution in [0.25, 0.3) is 0 Å². The molecule has 0 spiro atoms. The van der Waals surface area contributed by atoms with Gasteiger partial charge in [0.25, 0.3) is 0 Å². The van der Waals surface area contributed by atoms with Crippen LogP contribution >= 0.6 is 0 Å². The molecule has 1 aromatic heterocycles. The lowest BCUT2D eigenvalue weighted by Crippen LogP contribution is -2.39. The van der Waals surface area contributed by atoms with Crippen molar-refractivity contribution >= 4 is 5.91 Å². The third-order valence-electron chi connectivity index (χ3n) is 4.69. The molecule has 5 heteroatoms. The summed E-state index contributed by atoms with van der Waals surface area (Å²) in [4.78, 5) is 14.4. The quantitative estimate of drug-likeness (QED) is 0.927. The second kappa shape index (κ2) is 7.07. The van der Waals surface area contributed by atoms with Crippen LogP contribution in [0.5, 0.6) is 0 Å². The molecule has 116 valence electrons.